The molecule has 1 atom stereocenters. The van der Waals surface area contributed by atoms with Crippen LogP contribution < -0.4 is 19.5 Å². The summed E-state index contributed by atoms with van der Waals surface area (Å²) in [5.41, 5.74) is 5.90. The molecule has 0 aliphatic carbocycles. The first kappa shape index (κ1) is 25.9. The van der Waals surface area contributed by atoms with E-state index in [0.717, 1.165) is 62.4 Å². The van der Waals surface area contributed by atoms with Crippen molar-refractivity contribution in [1.29, 1.82) is 0 Å². The van der Waals surface area contributed by atoms with E-state index < -0.39 is 5.60 Å². The summed E-state index contributed by atoms with van der Waals surface area (Å²) in [7, 11) is 0. The molecule has 196 valence electrons. The SMILES string of the molecule is Cc1c(C)c2c(c(C)c1OCc1ccccc1)C(COc1ccc(/C=C3\SC(=O)NC3=O)cc1)C(C)(C)O2. The highest BCUT2D eigenvalue weighted by atomic mass is 32.2. The zero-order chi connectivity index (χ0) is 27.0. The third-order valence-electron chi connectivity index (χ3n) is 7.25. The van der Waals surface area contributed by atoms with Crippen molar-refractivity contribution in [2.45, 2.75) is 52.7 Å². The minimum absolute atomic E-state index is 0.00210. The van der Waals surface area contributed by atoms with Crippen molar-refractivity contribution in [1.82, 2.24) is 5.32 Å². The van der Waals surface area contributed by atoms with E-state index in [1.807, 2.05) is 42.5 Å². The molecule has 6 nitrogen and oxygen atoms in total. The van der Waals surface area contributed by atoms with Crippen molar-refractivity contribution in [3.8, 4) is 17.2 Å². The van der Waals surface area contributed by atoms with Crippen molar-refractivity contribution >= 4 is 29.0 Å². The Morgan fingerprint density at radius 1 is 0.947 bits per heavy atom. The van der Waals surface area contributed by atoms with E-state index in [1.165, 1.54) is 0 Å². The molecule has 0 radical (unpaired) electrons. The van der Waals surface area contributed by atoms with Crippen molar-refractivity contribution in [2.75, 3.05) is 6.61 Å². The van der Waals surface area contributed by atoms with Gasteiger partial charge in [-0.05, 0) is 92.4 Å². The zero-order valence-electron chi connectivity index (χ0n) is 22.2. The second kappa shape index (κ2) is 10.2. The van der Waals surface area contributed by atoms with E-state index in [0.29, 0.717) is 18.1 Å². The van der Waals surface area contributed by atoms with Gasteiger partial charge in [-0.1, -0.05) is 42.5 Å². The van der Waals surface area contributed by atoms with Crippen LogP contribution >= 0.6 is 11.8 Å². The van der Waals surface area contributed by atoms with Gasteiger partial charge in [0, 0.05) is 5.56 Å². The average Bonchev–Trinajstić information content (AvgIpc) is 3.36. The first-order chi connectivity index (χ1) is 18.1. The van der Waals surface area contributed by atoms with E-state index in [1.54, 1.807) is 6.08 Å². The maximum Gasteiger partial charge on any atom is 0.290 e. The summed E-state index contributed by atoms with van der Waals surface area (Å²) in [4.78, 5) is 23.6. The van der Waals surface area contributed by atoms with Gasteiger partial charge in [0.2, 0.25) is 0 Å². The largest absolute Gasteiger partial charge is 0.493 e. The number of carbonyl (C=O) groups excluding carboxylic acids is 2. The highest BCUT2D eigenvalue weighted by Gasteiger charge is 2.44. The van der Waals surface area contributed by atoms with Crippen LogP contribution in [-0.2, 0) is 11.4 Å². The van der Waals surface area contributed by atoms with Gasteiger partial charge in [-0.2, -0.15) is 0 Å². The lowest BCUT2D eigenvalue weighted by Gasteiger charge is -2.27. The number of nitrogens with one attached hydrogen (secondary N) is 1. The molecule has 2 aliphatic rings. The second-order valence-electron chi connectivity index (χ2n) is 10.2. The third kappa shape index (κ3) is 5.03. The summed E-state index contributed by atoms with van der Waals surface area (Å²) in [6.45, 7) is 11.4. The topological polar surface area (TPSA) is 73.9 Å². The van der Waals surface area contributed by atoms with Crippen LogP contribution in [0.1, 0.15) is 53.1 Å². The molecule has 7 heteroatoms. The Kier molecular flexibility index (Phi) is 6.97. The molecule has 0 saturated carbocycles. The smallest absolute Gasteiger partial charge is 0.290 e. The van der Waals surface area contributed by atoms with Crippen LogP contribution in [0, 0.1) is 20.8 Å². The van der Waals surface area contributed by atoms with E-state index in [4.69, 9.17) is 14.2 Å². The summed E-state index contributed by atoms with van der Waals surface area (Å²) in [6, 6.07) is 17.7. The van der Waals surface area contributed by atoms with Gasteiger partial charge in [0.25, 0.3) is 11.1 Å². The fourth-order valence-electron chi connectivity index (χ4n) is 4.99. The fourth-order valence-corrected chi connectivity index (χ4v) is 5.67. The number of thioether (sulfide) groups is 1. The summed E-state index contributed by atoms with van der Waals surface area (Å²) < 4.78 is 19.1. The normalized spacial score (nSPS) is 18.8. The Labute approximate surface area is 227 Å². The molecule has 5 rings (SSSR count). The van der Waals surface area contributed by atoms with Crippen molar-refractivity contribution in [3.05, 3.63) is 92.9 Å². The minimum atomic E-state index is -0.452. The Hall–Kier alpha value is -3.71. The molecule has 38 heavy (non-hydrogen) atoms. The highest BCUT2D eigenvalue weighted by molar-refractivity contribution is 8.18. The molecule has 0 spiro atoms. The molecule has 1 N–H and O–H groups in total. The lowest BCUT2D eigenvalue weighted by molar-refractivity contribution is -0.115. The van der Waals surface area contributed by atoms with Gasteiger partial charge in [-0.25, -0.2) is 0 Å². The maximum atomic E-state index is 11.8. The van der Waals surface area contributed by atoms with Gasteiger partial charge < -0.3 is 14.2 Å². The predicted octanol–water partition coefficient (Wildman–Crippen LogP) is 6.85. The van der Waals surface area contributed by atoms with Crippen LogP contribution in [0.3, 0.4) is 0 Å². The van der Waals surface area contributed by atoms with Crippen LogP contribution in [0.4, 0.5) is 4.79 Å². The molecular weight excluding hydrogens is 498 g/mol. The first-order valence-electron chi connectivity index (χ1n) is 12.6. The summed E-state index contributed by atoms with van der Waals surface area (Å²) >= 11 is 0.906. The fraction of sp³-hybridized carbons (Fsp3) is 0.290. The molecule has 2 amide bonds. The van der Waals surface area contributed by atoms with Crippen molar-refractivity contribution in [3.63, 3.8) is 0 Å². The quantitative estimate of drug-likeness (QED) is 0.338. The number of hydrogen-bond acceptors (Lipinski definition) is 6. The van der Waals surface area contributed by atoms with Gasteiger partial charge in [0.05, 0.1) is 17.4 Å². The molecule has 3 aromatic carbocycles. The predicted molar refractivity (Wildman–Crippen MR) is 150 cm³/mol. The third-order valence-corrected chi connectivity index (χ3v) is 8.06. The van der Waals surface area contributed by atoms with Crippen LogP contribution in [0.2, 0.25) is 0 Å². The number of hydrogen-bond donors (Lipinski definition) is 1. The molecule has 1 unspecified atom stereocenters. The average molecular weight is 530 g/mol. The standard InChI is InChI=1S/C31H31NO5S/c1-18-19(2)28-26(20(3)27(18)36-16-22-9-7-6-8-10-22)24(31(4,5)37-28)17-35-23-13-11-21(12-14-23)15-25-29(33)32-30(34)38-25/h6-15,24H,16-17H2,1-5H3,(H,32,33,34)/b25-15-. The number of ether oxygens (including phenoxy) is 3. The highest BCUT2D eigenvalue weighted by Crippen LogP contribution is 2.51. The summed E-state index contributed by atoms with van der Waals surface area (Å²) in [5.74, 6) is 2.19. The van der Waals surface area contributed by atoms with Crippen LogP contribution in [0.5, 0.6) is 17.2 Å². The Bertz CT molecular complexity index is 1430. The summed E-state index contributed by atoms with van der Waals surface area (Å²) in [5, 5.41) is 1.92. The molecule has 2 aliphatic heterocycles. The number of amides is 2. The van der Waals surface area contributed by atoms with Crippen molar-refractivity contribution in [2.24, 2.45) is 0 Å². The number of benzene rings is 3. The minimum Gasteiger partial charge on any atom is -0.493 e. The van der Waals surface area contributed by atoms with E-state index in [9.17, 15) is 9.59 Å². The number of imide groups is 1. The first-order valence-corrected chi connectivity index (χ1v) is 13.4. The van der Waals surface area contributed by atoms with Gasteiger partial charge in [0.1, 0.15) is 29.5 Å². The molecule has 2 heterocycles. The molecular formula is C31H31NO5S. The second-order valence-corrected chi connectivity index (χ2v) is 11.2. The maximum absolute atomic E-state index is 11.8. The Morgan fingerprint density at radius 2 is 1.66 bits per heavy atom. The molecule has 1 fully saturated rings. The van der Waals surface area contributed by atoms with Crippen molar-refractivity contribution < 1.29 is 23.8 Å². The van der Waals surface area contributed by atoms with Gasteiger partial charge in [0.15, 0.2) is 0 Å². The van der Waals surface area contributed by atoms with Gasteiger partial charge in [-0.3, -0.25) is 14.9 Å². The molecule has 0 bridgehead atoms. The van der Waals surface area contributed by atoms with Gasteiger partial charge >= 0.3 is 0 Å². The molecule has 0 aromatic heterocycles. The lowest BCUT2D eigenvalue weighted by atomic mass is 9.83. The zero-order valence-corrected chi connectivity index (χ0v) is 23.0. The molecule has 3 aromatic rings. The number of rotatable bonds is 7. The monoisotopic (exact) mass is 529 g/mol. The van der Waals surface area contributed by atoms with Crippen LogP contribution in [0.15, 0.2) is 59.5 Å². The van der Waals surface area contributed by atoms with Crippen LogP contribution in [-0.4, -0.2) is 23.4 Å². The van der Waals surface area contributed by atoms with E-state index >= 15 is 0 Å². The Balaban J connectivity index is 1.36. The Morgan fingerprint density at radius 3 is 2.32 bits per heavy atom. The van der Waals surface area contributed by atoms with E-state index in [-0.39, 0.29) is 17.1 Å². The molecule has 1 saturated heterocycles. The van der Waals surface area contributed by atoms with Gasteiger partial charge in [-0.15, -0.1) is 0 Å². The number of fused-ring (bicyclic) bond motifs is 1. The number of carbonyl (C=O) groups is 2. The van der Waals surface area contributed by atoms with Crippen LogP contribution in [0.25, 0.3) is 6.08 Å². The lowest BCUT2D eigenvalue weighted by Crippen LogP contribution is -2.34. The summed E-state index contributed by atoms with van der Waals surface area (Å²) in [6.07, 6.45) is 1.70. The van der Waals surface area contributed by atoms with E-state index in [2.05, 4.69) is 52.1 Å².